The monoisotopic (exact) mass is 302 g/mol. The van der Waals surface area contributed by atoms with Gasteiger partial charge < -0.3 is 14.5 Å². The van der Waals surface area contributed by atoms with Crippen LogP contribution in [0.1, 0.15) is 31.2 Å². The Morgan fingerprint density at radius 3 is 2.73 bits per heavy atom. The van der Waals surface area contributed by atoms with Crippen LogP contribution in [0.2, 0.25) is 0 Å². The molecule has 1 aromatic carbocycles. The lowest BCUT2D eigenvalue weighted by molar-refractivity contribution is -0.149. The van der Waals surface area contributed by atoms with Crippen molar-refractivity contribution in [1.29, 1.82) is 0 Å². The van der Waals surface area contributed by atoms with Gasteiger partial charge in [-0.15, -0.1) is 0 Å². The second-order valence-electron chi connectivity index (χ2n) is 6.01. The maximum absolute atomic E-state index is 12.8. The van der Waals surface area contributed by atoms with Crippen molar-refractivity contribution >= 4 is 12.0 Å². The van der Waals surface area contributed by atoms with Gasteiger partial charge >= 0.3 is 12.0 Å². The van der Waals surface area contributed by atoms with Crippen LogP contribution in [-0.2, 0) is 16.1 Å². The van der Waals surface area contributed by atoms with E-state index in [1.165, 1.54) is 7.11 Å². The topological polar surface area (TPSA) is 49.9 Å². The van der Waals surface area contributed by atoms with Crippen LogP contribution in [0.25, 0.3) is 0 Å². The lowest BCUT2D eigenvalue weighted by atomic mass is 9.92. The molecule has 0 N–H and O–H groups in total. The molecule has 1 aromatic rings. The lowest BCUT2D eigenvalue weighted by Gasteiger charge is -2.47. The smallest absolute Gasteiger partial charge is 0.328 e. The van der Waals surface area contributed by atoms with Gasteiger partial charge in [-0.2, -0.15) is 0 Å². The van der Waals surface area contributed by atoms with Crippen molar-refractivity contribution in [3.63, 3.8) is 0 Å². The normalized spacial score (nSPS) is 24.9. The van der Waals surface area contributed by atoms with Crippen molar-refractivity contribution < 1.29 is 14.3 Å². The van der Waals surface area contributed by atoms with Gasteiger partial charge in [-0.05, 0) is 31.2 Å². The highest BCUT2D eigenvalue weighted by Gasteiger charge is 2.43. The largest absolute Gasteiger partial charge is 0.467 e. The summed E-state index contributed by atoms with van der Waals surface area (Å²) in [6, 6.07) is 9.69. The number of ether oxygens (including phenoxy) is 1. The van der Waals surface area contributed by atoms with Crippen LogP contribution >= 0.6 is 0 Å². The van der Waals surface area contributed by atoms with E-state index in [0.29, 0.717) is 13.0 Å². The molecule has 118 valence electrons. The summed E-state index contributed by atoms with van der Waals surface area (Å²) in [5.74, 6) is -0.292. The Kier molecular flexibility index (Phi) is 4.32. The number of fused-ring (bicyclic) bond motifs is 1. The summed E-state index contributed by atoms with van der Waals surface area (Å²) in [7, 11) is 1.39. The van der Waals surface area contributed by atoms with E-state index < -0.39 is 6.04 Å². The molecule has 0 bridgehead atoms. The molecule has 2 aliphatic heterocycles. The van der Waals surface area contributed by atoms with Gasteiger partial charge in [0.05, 0.1) is 7.11 Å². The van der Waals surface area contributed by atoms with E-state index in [9.17, 15) is 9.59 Å². The minimum Gasteiger partial charge on any atom is -0.467 e. The quantitative estimate of drug-likeness (QED) is 0.806. The first-order valence-corrected chi connectivity index (χ1v) is 7.89. The summed E-state index contributed by atoms with van der Waals surface area (Å²) in [5, 5.41) is 0. The van der Waals surface area contributed by atoms with Crippen LogP contribution in [0.3, 0.4) is 0 Å². The van der Waals surface area contributed by atoms with E-state index in [4.69, 9.17) is 4.74 Å². The third kappa shape index (κ3) is 2.80. The molecule has 2 atom stereocenters. The molecule has 3 rings (SSSR count). The Morgan fingerprint density at radius 1 is 1.23 bits per heavy atom. The van der Waals surface area contributed by atoms with Crippen molar-refractivity contribution in [2.45, 2.75) is 44.3 Å². The molecule has 0 saturated carbocycles. The minimum absolute atomic E-state index is 0.0322. The Bertz CT molecular complexity index is 546. The standard InChI is InChI=1S/C17H22N2O3/c1-22-16(20)15-9-5-8-14-10-11-18(17(21)19(14)15)12-13-6-3-2-4-7-13/h2-4,6-7,14-15H,5,8-12H2,1H3/t14-,15-/m1/s1. The Balaban J connectivity index is 1.77. The molecular formula is C17H22N2O3. The number of benzene rings is 1. The molecule has 2 fully saturated rings. The average molecular weight is 302 g/mol. The second kappa shape index (κ2) is 6.38. The number of hydrogen-bond acceptors (Lipinski definition) is 3. The Hall–Kier alpha value is -2.04. The van der Waals surface area contributed by atoms with Gasteiger partial charge in [0.25, 0.3) is 0 Å². The summed E-state index contributed by atoms with van der Waals surface area (Å²) >= 11 is 0. The van der Waals surface area contributed by atoms with Gasteiger partial charge in [-0.3, -0.25) is 0 Å². The van der Waals surface area contributed by atoms with Crippen molar-refractivity contribution in [2.75, 3.05) is 13.7 Å². The highest BCUT2D eigenvalue weighted by Crippen LogP contribution is 2.31. The van der Waals surface area contributed by atoms with Crippen molar-refractivity contribution in [1.82, 2.24) is 9.80 Å². The second-order valence-corrected chi connectivity index (χ2v) is 6.01. The predicted octanol–water partition coefficient (Wildman–Crippen LogP) is 2.41. The van der Waals surface area contributed by atoms with Crippen LogP contribution in [0, 0.1) is 0 Å². The van der Waals surface area contributed by atoms with E-state index in [-0.39, 0.29) is 18.0 Å². The third-order valence-corrected chi connectivity index (χ3v) is 4.66. The fourth-order valence-electron chi connectivity index (χ4n) is 3.53. The molecule has 0 aromatic heterocycles. The molecule has 2 aliphatic rings. The molecular weight excluding hydrogens is 280 g/mol. The molecule has 0 aliphatic carbocycles. The van der Waals surface area contributed by atoms with Gasteiger partial charge in [0.15, 0.2) is 0 Å². The fourth-order valence-corrected chi connectivity index (χ4v) is 3.53. The van der Waals surface area contributed by atoms with Gasteiger partial charge in [0, 0.05) is 19.1 Å². The maximum atomic E-state index is 12.8. The lowest BCUT2D eigenvalue weighted by Crippen LogP contribution is -2.61. The average Bonchev–Trinajstić information content (AvgIpc) is 2.57. The van der Waals surface area contributed by atoms with Crippen LogP contribution < -0.4 is 0 Å². The first-order valence-electron chi connectivity index (χ1n) is 7.89. The van der Waals surface area contributed by atoms with E-state index in [1.807, 2.05) is 35.2 Å². The van der Waals surface area contributed by atoms with Gasteiger partial charge in [0.1, 0.15) is 6.04 Å². The maximum Gasteiger partial charge on any atom is 0.328 e. The molecule has 2 amide bonds. The molecule has 5 nitrogen and oxygen atoms in total. The SMILES string of the molecule is COC(=O)[C@H]1CCC[C@@H]2CCN(Cc3ccccc3)C(=O)N21. The number of urea groups is 1. The number of carbonyl (C=O) groups excluding carboxylic acids is 2. The highest BCUT2D eigenvalue weighted by molar-refractivity contribution is 5.84. The van der Waals surface area contributed by atoms with E-state index in [1.54, 1.807) is 4.90 Å². The van der Waals surface area contributed by atoms with Crippen LogP contribution in [-0.4, -0.2) is 47.5 Å². The van der Waals surface area contributed by atoms with E-state index in [2.05, 4.69) is 0 Å². The van der Waals surface area contributed by atoms with Crippen LogP contribution in [0.5, 0.6) is 0 Å². The molecule has 2 heterocycles. The number of methoxy groups -OCH3 is 1. The molecule has 22 heavy (non-hydrogen) atoms. The summed E-state index contributed by atoms with van der Waals surface area (Å²) in [6.07, 6.45) is 3.59. The summed E-state index contributed by atoms with van der Waals surface area (Å²) < 4.78 is 4.89. The number of piperidine rings is 1. The molecule has 0 unspecified atom stereocenters. The van der Waals surface area contributed by atoms with Gasteiger partial charge in [0.2, 0.25) is 0 Å². The minimum atomic E-state index is -0.421. The zero-order valence-corrected chi connectivity index (χ0v) is 12.9. The van der Waals surface area contributed by atoms with Gasteiger partial charge in [-0.25, -0.2) is 9.59 Å². The summed E-state index contributed by atoms with van der Waals surface area (Å²) in [4.78, 5) is 28.4. The first kappa shape index (κ1) is 14.9. The molecule has 0 radical (unpaired) electrons. The van der Waals surface area contributed by atoms with E-state index >= 15 is 0 Å². The fraction of sp³-hybridized carbons (Fsp3) is 0.529. The number of amides is 2. The van der Waals surface area contributed by atoms with E-state index in [0.717, 1.165) is 31.4 Å². The predicted molar refractivity (Wildman–Crippen MR) is 82.1 cm³/mol. The summed E-state index contributed by atoms with van der Waals surface area (Å²) in [5.41, 5.74) is 1.11. The number of rotatable bonds is 3. The van der Waals surface area contributed by atoms with Crippen molar-refractivity contribution in [3.8, 4) is 0 Å². The number of carbonyl (C=O) groups is 2. The Morgan fingerprint density at radius 2 is 2.00 bits per heavy atom. The number of hydrogen-bond donors (Lipinski definition) is 0. The molecule has 2 saturated heterocycles. The Labute approximate surface area is 130 Å². The van der Waals surface area contributed by atoms with Crippen molar-refractivity contribution in [2.24, 2.45) is 0 Å². The van der Waals surface area contributed by atoms with Crippen molar-refractivity contribution in [3.05, 3.63) is 35.9 Å². The molecule has 0 spiro atoms. The molecule has 5 heteroatoms. The first-order chi connectivity index (χ1) is 10.7. The number of nitrogens with zero attached hydrogens (tertiary/aromatic N) is 2. The zero-order valence-electron chi connectivity index (χ0n) is 12.9. The van der Waals surface area contributed by atoms with Crippen LogP contribution in [0.4, 0.5) is 4.79 Å². The summed E-state index contributed by atoms with van der Waals surface area (Å²) in [6.45, 7) is 1.35. The number of esters is 1. The highest BCUT2D eigenvalue weighted by atomic mass is 16.5. The zero-order chi connectivity index (χ0) is 15.5. The van der Waals surface area contributed by atoms with Crippen LogP contribution in [0.15, 0.2) is 30.3 Å². The third-order valence-electron chi connectivity index (χ3n) is 4.66. The van der Waals surface area contributed by atoms with Gasteiger partial charge in [-0.1, -0.05) is 30.3 Å².